The average Bonchev–Trinajstić information content (AvgIpc) is 3.24. The zero-order valence-corrected chi connectivity index (χ0v) is 13.9. The molecule has 1 aromatic heterocycles. The Morgan fingerprint density at radius 1 is 1.46 bits per heavy atom. The van der Waals surface area contributed by atoms with E-state index in [1.165, 1.54) is 17.5 Å². The third kappa shape index (κ3) is 3.66. The predicted molar refractivity (Wildman–Crippen MR) is 92.8 cm³/mol. The van der Waals surface area contributed by atoms with E-state index in [1.807, 2.05) is 6.07 Å². The molecule has 0 unspecified atom stereocenters. The van der Waals surface area contributed by atoms with Crippen LogP contribution in [0.4, 0.5) is 0 Å². The number of carbonyl (C=O) groups is 1. The highest BCUT2D eigenvalue weighted by atomic mass is 16.1. The largest absolute Gasteiger partial charge is 0.356 e. The summed E-state index contributed by atoms with van der Waals surface area (Å²) in [6, 6.07) is 12.2. The van der Waals surface area contributed by atoms with Crippen molar-refractivity contribution in [2.45, 2.75) is 19.3 Å². The summed E-state index contributed by atoms with van der Waals surface area (Å²) in [6.45, 7) is 5.74. The van der Waals surface area contributed by atoms with E-state index < -0.39 is 0 Å². The molecule has 3 rings (SSSR count). The number of hydrogen-bond donors (Lipinski definition) is 2. The molecular formula is C19H22N4O. The Kier molecular flexibility index (Phi) is 4.97. The van der Waals surface area contributed by atoms with Gasteiger partial charge in [0, 0.05) is 25.8 Å². The molecule has 1 aromatic carbocycles. The summed E-state index contributed by atoms with van der Waals surface area (Å²) in [6.07, 6.45) is 2.71. The van der Waals surface area contributed by atoms with Crippen molar-refractivity contribution in [1.82, 2.24) is 15.2 Å². The van der Waals surface area contributed by atoms with E-state index in [0.29, 0.717) is 23.7 Å². The lowest BCUT2D eigenvalue weighted by Gasteiger charge is -2.17. The summed E-state index contributed by atoms with van der Waals surface area (Å²) in [4.78, 5) is 17.2. The smallest absolute Gasteiger partial charge is 0.267 e. The summed E-state index contributed by atoms with van der Waals surface area (Å²) in [5.74, 6) is 0.426. The zero-order valence-electron chi connectivity index (χ0n) is 13.9. The highest BCUT2D eigenvalue weighted by molar-refractivity contribution is 5.92. The van der Waals surface area contributed by atoms with E-state index in [0.717, 1.165) is 19.6 Å². The summed E-state index contributed by atoms with van der Waals surface area (Å²) in [7, 11) is 0. The van der Waals surface area contributed by atoms with Crippen molar-refractivity contribution in [3.05, 3.63) is 58.9 Å². The van der Waals surface area contributed by atoms with E-state index in [2.05, 4.69) is 46.4 Å². The third-order valence-electron chi connectivity index (χ3n) is 4.67. The number of likely N-dealkylation sites (tertiary alicyclic amines) is 1. The molecule has 2 heterocycles. The average molecular weight is 322 g/mol. The summed E-state index contributed by atoms with van der Waals surface area (Å²) in [5, 5.41) is 11.7. The van der Waals surface area contributed by atoms with E-state index in [-0.39, 0.29) is 5.91 Å². The summed E-state index contributed by atoms with van der Waals surface area (Å²) >= 11 is 0. The lowest BCUT2D eigenvalue weighted by atomic mass is 9.94. The van der Waals surface area contributed by atoms with Crippen LogP contribution in [0, 0.1) is 18.3 Å². The quantitative estimate of drug-likeness (QED) is 0.888. The first kappa shape index (κ1) is 16.3. The fourth-order valence-electron chi connectivity index (χ4n) is 3.35. The van der Waals surface area contributed by atoms with Crippen LogP contribution in [0.1, 0.15) is 39.5 Å². The molecular weight excluding hydrogens is 300 g/mol. The number of benzene rings is 1. The van der Waals surface area contributed by atoms with Crippen molar-refractivity contribution < 1.29 is 4.79 Å². The molecule has 124 valence electrons. The first-order valence-electron chi connectivity index (χ1n) is 8.32. The van der Waals surface area contributed by atoms with Gasteiger partial charge in [-0.1, -0.05) is 24.3 Å². The second-order valence-electron chi connectivity index (χ2n) is 6.31. The molecule has 1 amide bonds. The number of amides is 1. The number of nitriles is 1. The summed E-state index contributed by atoms with van der Waals surface area (Å²) in [5.41, 5.74) is 3.71. The normalized spacial score (nSPS) is 17.6. The molecule has 2 aromatic rings. The molecule has 0 bridgehead atoms. The Morgan fingerprint density at radius 2 is 2.29 bits per heavy atom. The fourth-order valence-corrected chi connectivity index (χ4v) is 3.35. The standard InChI is InChI=1S/C19H22N4O/c1-14-4-2-3-5-17(14)16-6-8-23(13-16)9-7-21-19(24)18-10-15(11-20)12-22-18/h2-5,10,12,16,22H,6-9,13H2,1H3,(H,21,24)/t16-/m0/s1. The number of aryl methyl sites for hydroxylation is 1. The molecule has 5 heteroatoms. The Bertz CT molecular complexity index is 759. The molecule has 0 saturated carbocycles. The van der Waals surface area contributed by atoms with Gasteiger partial charge >= 0.3 is 0 Å². The molecule has 24 heavy (non-hydrogen) atoms. The number of aromatic amines is 1. The molecule has 1 atom stereocenters. The lowest BCUT2D eigenvalue weighted by molar-refractivity contribution is 0.0945. The molecule has 2 N–H and O–H groups in total. The van der Waals surface area contributed by atoms with Gasteiger partial charge in [-0.2, -0.15) is 5.26 Å². The first-order valence-corrected chi connectivity index (χ1v) is 8.32. The molecule has 1 saturated heterocycles. The lowest BCUT2D eigenvalue weighted by Crippen LogP contribution is -2.34. The molecule has 5 nitrogen and oxygen atoms in total. The molecule has 1 fully saturated rings. The van der Waals surface area contributed by atoms with E-state index >= 15 is 0 Å². The maximum absolute atomic E-state index is 12.0. The fraction of sp³-hybridized carbons (Fsp3) is 0.368. The second kappa shape index (κ2) is 7.33. The minimum Gasteiger partial charge on any atom is -0.356 e. The Morgan fingerprint density at radius 3 is 3.04 bits per heavy atom. The van der Waals surface area contributed by atoms with Gasteiger partial charge in [0.25, 0.3) is 5.91 Å². The van der Waals surface area contributed by atoms with Gasteiger partial charge in [0.1, 0.15) is 11.8 Å². The number of nitrogens with one attached hydrogen (secondary N) is 2. The van der Waals surface area contributed by atoms with Crippen LogP contribution in [0.5, 0.6) is 0 Å². The van der Waals surface area contributed by atoms with Gasteiger partial charge in [0.05, 0.1) is 5.56 Å². The number of H-pyrrole nitrogens is 1. The van der Waals surface area contributed by atoms with Crippen LogP contribution >= 0.6 is 0 Å². The van der Waals surface area contributed by atoms with Crippen LogP contribution in [-0.2, 0) is 0 Å². The minimum absolute atomic E-state index is 0.161. The summed E-state index contributed by atoms with van der Waals surface area (Å²) < 4.78 is 0. The van der Waals surface area contributed by atoms with Crippen LogP contribution < -0.4 is 5.32 Å². The maximum Gasteiger partial charge on any atom is 0.267 e. The van der Waals surface area contributed by atoms with Crippen LogP contribution in [0.25, 0.3) is 0 Å². The van der Waals surface area contributed by atoms with Crippen molar-refractivity contribution in [3.8, 4) is 6.07 Å². The van der Waals surface area contributed by atoms with Crippen LogP contribution in [0.15, 0.2) is 36.5 Å². The van der Waals surface area contributed by atoms with Crippen LogP contribution in [-0.4, -0.2) is 42.0 Å². The highest BCUT2D eigenvalue weighted by Crippen LogP contribution is 2.28. The number of carbonyl (C=O) groups excluding carboxylic acids is 1. The van der Waals surface area contributed by atoms with E-state index in [9.17, 15) is 4.79 Å². The SMILES string of the molecule is Cc1ccccc1[C@H]1CCN(CCNC(=O)c2cc(C#N)c[nH]2)C1. The molecule has 0 spiro atoms. The van der Waals surface area contributed by atoms with Gasteiger partial charge in [-0.3, -0.25) is 4.79 Å². The highest BCUT2D eigenvalue weighted by Gasteiger charge is 2.24. The number of nitrogens with zero attached hydrogens (tertiary/aromatic N) is 2. The number of rotatable bonds is 5. The molecule has 0 aliphatic carbocycles. The molecule has 1 aliphatic rings. The van der Waals surface area contributed by atoms with Gasteiger partial charge in [-0.25, -0.2) is 0 Å². The Labute approximate surface area is 142 Å². The van der Waals surface area contributed by atoms with E-state index in [4.69, 9.17) is 5.26 Å². The van der Waals surface area contributed by atoms with Crippen molar-refractivity contribution in [1.29, 1.82) is 5.26 Å². The first-order chi connectivity index (χ1) is 11.7. The van der Waals surface area contributed by atoms with Gasteiger partial charge in [-0.05, 0) is 43.0 Å². The van der Waals surface area contributed by atoms with Gasteiger partial charge in [0.2, 0.25) is 0 Å². The second-order valence-corrected chi connectivity index (χ2v) is 6.31. The maximum atomic E-state index is 12.0. The van der Waals surface area contributed by atoms with Crippen molar-refractivity contribution in [3.63, 3.8) is 0 Å². The Balaban J connectivity index is 1.46. The molecule has 1 aliphatic heterocycles. The van der Waals surface area contributed by atoms with Crippen LogP contribution in [0.2, 0.25) is 0 Å². The van der Waals surface area contributed by atoms with Gasteiger partial charge in [0.15, 0.2) is 0 Å². The van der Waals surface area contributed by atoms with Crippen molar-refractivity contribution >= 4 is 5.91 Å². The Hall–Kier alpha value is -2.58. The van der Waals surface area contributed by atoms with Crippen LogP contribution in [0.3, 0.4) is 0 Å². The van der Waals surface area contributed by atoms with Gasteiger partial charge < -0.3 is 15.2 Å². The topological polar surface area (TPSA) is 71.9 Å². The molecule has 0 radical (unpaired) electrons. The van der Waals surface area contributed by atoms with Crippen molar-refractivity contribution in [2.75, 3.05) is 26.2 Å². The predicted octanol–water partition coefficient (Wildman–Crippen LogP) is 2.41. The number of hydrogen-bond acceptors (Lipinski definition) is 3. The number of aromatic nitrogens is 1. The van der Waals surface area contributed by atoms with Gasteiger partial charge in [-0.15, -0.1) is 0 Å². The van der Waals surface area contributed by atoms with E-state index in [1.54, 1.807) is 12.3 Å². The minimum atomic E-state index is -0.161. The third-order valence-corrected chi connectivity index (χ3v) is 4.67. The zero-order chi connectivity index (χ0) is 16.9. The monoisotopic (exact) mass is 322 g/mol. The van der Waals surface area contributed by atoms with Crippen molar-refractivity contribution in [2.24, 2.45) is 0 Å².